The maximum Gasteiger partial charge on any atom is 0.306 e. The Morgan fingerprint density at radius 1 is 0.440 bits per heavy atom. The van der Waals surface area contributed by atoms with Crippen LogP contribution in [0, 0.1) is 0 Å². The van der Waals surface area contributed by atoms with Crippen molar-refractivity contribution in [1.29, 1.82) is 0 Å². The summed E-state index contributed by atoms with van der Waals surface area (Å²) in [5.41, 5.74) is 0. The minimum atomic E-state index is -1.62. The number of aliphatic hydroxyl groups is 5. The summed E-state index contributed by atoms with van der Waals surface area (Å²) in [5, 5.41) is 57.4. The monoisotopic (exact) mass is 1280 g/mol. The van der Waals surface area contributed by atoms with Crippen LogP contribution < -0.4 is 5.32 Å². The maximum atomic E-state index is 13.5. The largest absolute Gasteiger partial charge is 0.454 e. The van der Waals surface area contributed by atoms with Gasteiger partial charge in [-0.1, -0.05) is 357 Å². The Kier molecular flexibility index (Phi) is 63.5. The second kappa shape index (κ2) is 67.1. The summed E-state index contributed by atoms with van der Waals surface area (Å²) in [4.78, 5) is 26.8. The first-order valence-electron chi connectivity index (χ1n) is 38.7. The van der Waals surface area contributed by atoms with Crippen LogP contribution in [0.1, 0.15) is 361 Å². The molecule has 6 N–H and O–H groups in total. The van der Waals surface area contributed by atoms with Crippen LogP contribution in [0.5, 0.6) is 0 Å². The van der Waals surface area contributed by atoms with Crippen molar-refractivity contribution in [3.05, 3.63) is 72.9 Å². The number of amides is 1. The normalized spacial score (nSPS) is 18.4. The third-order valence-corrected chi connectivity index (χ3v) is 18.1. The van der Waals surface area contributed by atoms with Gasteiger partial charge < -0.3 is 45.1 Å². The van der Waals surface area contributed by atoms with Gasteiger partial charge in [-0.25, -0.2) is 0 Å². The molecule has 0 radical (unpaired) electrons. The van der Waals surface area contributed by atoms with Gasteiger partial charge in [-0.2, -0.15) is 0 Å². The van der Waals surface area contributed by atoms with E-state index in [1.54, 1.807) is 6.08 Å². The van der Waals surface area contributed by atoms with E-state index in [4.69, 9.17) is 14.2 Å². The van der Waals surface area contributed by atoms with Crippen molar-refractivity contribution < 1.29 is 49.3 Å². The zero-order chi connectivity index (χ0) is 66.0. The summed E-state index contributed by atoms with van der Waals surface area (Å²) in [6, 6.07) is -1.03. The quantitative estimate of drug-likeness (QED) is 0.0195. The van der Waals surface area contributed by atoms with E-state index in [2.05, 4.69) is 86.8 Å². The van der Waals surface area contributed by atoms with E-state index in [-0.39, 0.29) is 13.0 Å². The highest BCUT2D eigenvalue weighted by atomic mass is 16.7. The van der Waals surface area contributed by atoms with Crippen LogP contribution in [0.3, 0.4) is 0 Å². The van der Waals surface area contributed by atoms with Crippen LogP contribution in [0.15, 0.2) is 72.9 Å². The first-order chi connectivity index (χ1) is 44.7. The van der Waals surface area contributed by atoms with E-state index < -0.39 is 67.4 Å². The predicted octanol–water partition coefficient (Wildman–Crippen LogP) is 20.6. The third-order valence-electron chi connectivity index (χ3n) is 18.1. The molecule has 1 amide bonds. The van der Waals surface area contributed by atoms with Crippen molar-refractivity contribution in [2.45, 2.75) is 410 Å². The van der Waals surface area contributed by atoms with E-state index in [1.165, 1.54) is 199 Å². The first kappa shape index (κ1) is 86.1. The maximum absolute atomic E-state index is 13.5. The molecule has 1 fully saturated rings. The standard InChI is InChI=1S/C80H145NO10/c1-4-7-10-13-16-19-22-25-27-29-31-33-35-36-37-39-40-42-44-46-49-52-55-58-61-64-67-73(84)79(88)81-71(72(83)66-63-60-57-54-51-48-24-21-18-15-12-9-6-3)70-89-80-78(77(87)76(86)74(69-82)90-80)91-75(85)68-65-62-59-56-53-50-47-45-43-41-38-34-32-30-28-26-23-20-17-14-11-8-5-2/h8,11,17,20,26,28,32,34,41,43,63,66,71-74,76-78,80,82-84,86-87H,4-7,9-10,12-16,18-19,21-25,27,29-31,33,35-40,42,44-62,64-65,67-70H2,1-3H3,(H,81,88)/b11-8-,20-17-,28-26-,34-32-,43-41-,66-63+. The summed E-state index contributed by atoms with van der Waals surface area (Å²) in [5.74, 6) is -1.19. The molecular weight excluding hydrogens is 1130 g/mol. The summed E-state index contributed by atoms with van der Waals surface area (Å²) >= 11 is 0. The van der Waals surface area contributed by atoms with Gasteiger partial charge in [0.15, 0.2) is 12.4 Å². The third kappa shape index (κ3) is 54.0. The lowest BCUT2D eigenvalue weighted by Crippen LogP contribution is -2.61. The average Bonchev–Trinajstić information content (AvgIpc) is 1.01. The topological polar surface area (TPSA) is 175 Å². The lowest BCUT2D eigenvalue weighted by Gasteiger charge is -2.41. The number of carbonyl (C=O) groups excluding carboxylic acids is 2. The lowest BCUT2D eigenvalue weighted by molar-refractivity contribution is -0.305. The molecule has 1 saturated heterocycles. The fourth-order valence-electron chi connectivity index (χ4n) is 12.1. The fourth-order valence-corrected chi connectivity index (χ4v) is 12.1. The Morgan fingerprint density at radius 3 is 1.19 bits per heavy atom. The molecule has 11 heteroatoms. The van der Waals surface area contributed by atoms with Crippen LogP contribution in [-0.2, 0) is 23.8 Å². The molecule has 1 rings (SSSR count). The molecule has 8 unspecified atom stereocenters. The molecule has 11 nitrogen and oxygen atoms in total. The average molecular weight is 1280 g/mol. The Morgan fingerprint density at radius 2 is 0.791 bits per heavy atom. The molecule has 0 aromatic rings. The van der Waals surface area contributed by atoms with Crippen molar-refractivity contribution in [3.8, 4) is 0 Å². The molecule has 1 aliphatic rings. The number of aliphatic hydroxyl groups excluding tert-OH is 5. The number of carbonyl (C=O) groups is 2. The van der Waals surface area contributed by atoms with Gasteiger partial charge in [0.05, 0.1) is 25.4 Å². The summed E-state index contributed by atoms with van der Waals surface area (Å²) < 4.78 is 17.7. The molecule has 1 aliphatic heterocycles. The van der Waals surface area contributed by atoms with E-state index in [0.717, 1.165) is 116 Å². The van der Waals surface area contributed by atoms with Gasteiger partial charge >= 0.3 is 5.97 Å². The molecule has 0 spiro atoms. The van der Waals surface area contributed by atoms with Crippen molar-refractivity contribution in [2.24, 2.45) is 0 Å². The van der Waals surface area contributed by atoms with Crippen molar-refractivity contribution in [1.82, 2.24) is 5.32 Å². The zero-order valence-corrected chi connectivity index (χ0v) is 59.2. The second-order valence-corrected chi connectivity index (χ2v) is 26.7. The highest BCUT2D eigenvalue weighted by Crippen LogP contribution is 2.27. The summed E-state index contributed by atoms with van der Waals surface area (Å²) in [6.07, 6.45) is 78.1. The number of nitrogens with one attached hydrogen (secondary N) is 1. The van der Waals surface area contributed by atoms with Gasteiger partial charge in [-0.05, 0) is 70.6 Å². The molecule has 0 aromatic heterocycles. The Bertz CT molecular complexity index is 1760. The Labute approximate surface area is 560 Å². The Hall–Kier alpha value is -2.90. The van der Waals surface area contributed by atoms with Crippen LogP contribution in [0.2, 0.25) is 0 Å². The van der Waals surface area contributed by atoms with Crippen LogP contribution >= 0.6 is 0 Å². The number of esters is 1. The van der Waals surface area contributed by atoms with Gasteiger partial charge in [0.1, 0.15) is 24.4 Å². The molecule has 0 saturated carbocycles. The van der Waals surface area contributed by atoms with E-state index >= 15 is 0 Å². The Balaban J connectivity index is 2.54. The summed E-state index contributed by atoms with van der Waals surface area (Å²) in [6.45, 7) is 5.73. The van der Waals surface area contributed by atoms with E-state index in [9.17, 15) is 35.1 Å². The number of hydrogen-bond donors (Lipinski definition) is 6. The molecule has 0 aliphatic carbocycles. The zero-order valence-electron chi connectivity index (χ0n) is 59.2. The molecule has 8 atom stereocenters. The first-order valence-corrected chi connectivity index (χ1v) is 38.7. The molecular formula is C80H145NO10. The number of allylic oxidation sites excluding steroid dienone is 11. The molecule has 0 aromatic carbocycles. The predicted molar refractivity (Wildman–Crippen MR) is 384 cm³/mol. The van der Waals surface area contributed by atoms with Crippen LogP contribution in [0.4, 0.5) is 0 Å². The molecule has 91 heavy (non-hydrogen) atoms. The molecule has 0 bridgehead atoms. The molecule has 1 heterocycles. The van der Waals surface area contributed by atoms with Crippen molar-refractivity contribution in [2.75, 3.05) is 13.2 Å². The van der Waals surface area contributed by atoms with Crippen molar-refractivity contribution >= 4 is 11.9 Å². The van der Waals surface area contributed by atoms with Gasteiger partial charge in [0.25, 0.3) is 0 Å². The highest BCUT2D eigenvalue weighted by Gasteiger charge is 2.47. The van der Waals surface area contributed by atoms with Crippen molar-refractivity contribution in [3.63, 3.8) is 0 Å². The highest BCUT2D eigenvalue weighted by molar-refractivity contribution is 5.80. The minimum Gasteiger partial charge on any atom is -0.454 e. The lowest BCUT2D eigenvalue weighted by atomic mass is 9.99. The number of hydrogen-bond acceptors (Lipinski definition) is 10. The van der Waals surface area contributed by atoms with E-state index in [1.807, 2.05) is 6.08 Å². The van der Waals surface area contributed by atoms with Crippen LogP contribution in [-0.4, -0.2) is 99.6 Å². The number of rotatable bonds is 67. The fraction of sp³-hybridized carbons (Fsp3) is 0.825. The molecule has 530 valence electrons. The summed E-state index contributed by atoms with van der Waals surface area (Å²) in [7, 11) is 0. The smallest absolute Gasteiger partial charge is 0.306 e. The second-order valence-electron chi connectivity index (χ2n) is 26.7. The van der Waals surface area contributed by atoms with Gasteiger partial charge in [-0.15, -0.1) is 0 Å². The van der Waals surface area contributed by atoms with Gasteiger partial charge in [0, 0.05) is 6.42 Å². The number of unbranched alkanes of at least 4 members (excludes halogenated alkanes) is 43. The number of ether oxygens (including phenoxy) is 3. The van der Waals surface area contributed by atoms with Gasteiger partial charge in [0.2, 0.25) is 5.91 Å². The van der Waals surface area contributed by atoms with Gasteiger partial charge in [-0.3, -0.25) is 9.59 Å². The SMILES string of the molecule is CC/C=C\C/C=C\C/C=C\C/C=C\C/C=C\CCCCCCCCCC(=O)OC1C(OCC(NC(=O)C(O)CCCCCCCCCCCCCCCCCCCCCCCCCCCC)C(O)/C=C/CCCCCCCCCCCCC)OC(CO)C(O)C1O. The van der Waals surface area contributed by atoms with Crippen LogP contribution in [0.25, 0.3) is 0 Å². The minimum absolute atomic E-state index is 0.110. The van der Waals surface area contributed by atoms with E-state index in [0.29, 0.717) is 19.3 Å².